The summed E-state index contributed by atoms with van der Waals surface area (Å²) < 4.78 is 0. The average molecular weight is 323 g/mol. The molecule has 0 fully saturated rings. The Balaban J connectivity index is 1.85. The van der Waals surface area contributed by atoms with Gasteiger partial charge in [0.1, 0.15) is 18.1 Å². The molecule has 2 bridgehead atoms. The highest BCUT2D eigenvalue weighted by Gasteiger charge is 2.50. The molecule has 6 heteroatoms. The van der Waals surface area contributed by atoms with Crippen molar-refractivity contribution in [3.8, 4) is 0 Å². The van der Waals surface area contributed by atoms with Crippen LogP contribution >= 0.6 is 0 Å². The standard InChI is InChI=1S/C18H17N3O3/c1-18(2)13-5-3-4-12(13)17-14(22)7-8-15(18)20(17)16-9-6-11(10-19-16)21(23)24/h3,5-10,15,17H,4H2,1-2H3/t15-,17-/m1/s1. The van der Waals surface area contributed by atoms with Crippen LogP contribution in [-0.4, -0.2) is 27.8 Å². The van der Waals surface area contributed by atoms with Gasteiger partial charge < -0.3 is 4.90 Å². The molecule has 0 unspecified atom stereocenters. The molecular formula is C18H17N3O3. The van der Waals surface area contributed by atoms with E-state index in [1.54, 1.807) is 12.1 Å². The highest BCUT2D eigenvalue weighted by Crippen LogP contribution is 2.49. The zero-order chi connectivity index (χ0) is 17.1. The van der Waals surface area contributed by atoms with Crippen molar-refractivity contribution in [3.05, 3.63) is 63.9 Å². The van der Waals surface area contributed by atoms with Crippen molar-refractivity contribution in [1.82, 2.24) is 4.98 Å². The van der Waals surface area contributed by atoms with Gasteiger partial charge in [0, 0.05) is 11.5 Å². The first-order valence-corrected chi connectivity index (χ1v) is 7.92. The number of carbonyl (C=O) groups excluding carboxylic acids is 1. The summed E-state index contributed by atoms with van der Waals surface area (Å²) in [5.41, 5.74) is 2.13. The number of pyridine rings is 1. The number of fused-ring (bicyclic) bond motifs is 3. The largest absolute Gasteiger partial charge is 0.335 e. The van der Waals surface area contributed by atoms with E-state index in [9.17, 15) is 14.9 Å². The second-order valence-electron chi connectivity index (χ2n) is 6.91. The lowest BCUT2D eigenvalue weighted by atomic mass is 9.68. The maximum absolute atomic E-state index is 12.6. The third-order valence-corrected chi connectivity index (χ3v) is 5.23. The van der Waals surface area contributed by atoms with Gasteiger partial charge in [-0.2, -0.15) is 0 Å². The molecule has 2 atom stereocenters. The number of nitro groups is 1. The number of hydrogen-bond acceptors (Lipinski definition) is 5. The van der Waals surface area contributed by atoms with Crippen LogP contribution in [0.3, 0.4) is 0 Å². The van der Waals surface area contributed by atoms with Crippen molar-refractivity contribution in [3.63, 3.8) is 0 Å². The minimum Gasteiger partial charge on any atom is -0.335 e. The van der Waals surface area contributed by atoms with E-state index in [-0.39, 0.29) is 29.0 Å². The molecule has 1 aliphatic carbocycles. The summed E-state index contributed by atoms with van der Waals surface area (Å²) in [4.78, 5) is 29.3. The minimum atomic E-state index is -0.468. The smallest absolute Gasteiger partial charge is 0.287 e. The SMILES string of the molecule is CC1(C)C2=C(CC=C2)[C@@H]2C(=O)C=C[C@H]1N2c1ccc([N+](=O)[O-])cn1. The normalized spacial score (nSPS) is 26.8. The predicted octanol–water partition coefficient (Wildman–Crippen LogP) is 2.97. The Labute approximate surface area is 139 Å². The van der Waals surface area contributed by atoms with E-state index in [1.807, 2.05) is 11.0 Å². The highest BCUT2D eigenvalue weighted by molar-refractivity contribution is 6.01. The fraction of sp³-hybridized carbons (Fsp3) is 0.333. The predicted molar refractivity (Wildman–Crippen MR) is 89.7 cm³/mol. The summed E-state index contributed by atoms with van der Waals surface area (Å²) in [5, 5.41) is 10.9. The minimum absolute atomic E-state index is 0.0179. The number of nitrogens with zero attached hydrogens (tertiary/aromatic N) is 3. The van der Waals surface area contributed by atoms with Gasteiger partial charge in [-0.25, -0.2) is 4.98 Å². The molecule has 0 aromatic carbocycles. The Hall–Kier alpha value is -2.76. The number of carbonyl (C=O) groups is 1. The van der Waals surface area contributed by atoms with E-state index in [0.29, 0.717) is 5.82 Å². The molecule has 4 rings (SSSR count). The van der Waals surface area contributed by atoms with Crippen molar-refractivity contribution < 1.29 is 9.72 Å². The van der Waals surface area contributed by atoms with E-state index in [1.165, 1.54) is 17.8 Å². The van der Waals surface area contributed by atoms with Gasteiger partial charge in [-0.3, -0.25) is 14.9 Å². The Bertz CT molecular complexity index is 834. The second-order valence-corrected chi connectivity index (χ2v) is 6.91. The second kappa shape index (κ2) is 4.87. The van der Waals surface area contributed by atoms with Crippen LogP contribution in [0.15, 0.2) is 53.8 Å². The number of hydrogen-bond donors (Lipinski definition) is 0. The van der Waals surface area contributed by atoms with Crippen molar-refractivity contribution in [2.75, 3.05) is 4.90 Å². The molecule has 3 aliphatic rings. The van der Waals surface area contributed by atoms with Crippen LogP contribution in [0.5, 0.6) is 0 Å². The topological polar surface area (TPSA) is 76.3 Å². The summed E-state index contributed by atoms with van der Waals surface area (Å²) in [6.45, 7) is 4.33. The molecular weight excluding hydrogens is 306 g/mol. The third kappa shape index (κ3) is 1.89. The monoisotopic (exact) mass is 323 g/mol. The molecule has 24 heavy (non-hydrogen) atoms. The number of rotatable bonds is 2. The van der Waals surface area contributed by atoms with E-state index >= 15 is 0 Å². The average Bonchev–Trinajstić information content (AvgIpc) is 3.04. The fourth-order valence-corrected chi connectivity index (χ4v) is 4.08. The van der Waals surface area contributed by atoms with Crippen molar-refractivity contribution in [2.24, 2.45) is 5.41 Å². The lowest BCUT2D eigenvalue weighted by Crippen LogP contribution is -2.59. The van der Waals surface area contributed by atoms with Gasteiger partial charge in [0.25, 0.3) is 5.69 Å². The zero-order valence-electron chi connectivity index (χ0n) is 13.5. The number of allylic oxidation sites excluding steroid dienone is 2. The summed E-state index contributed by atoms with van der Waals surface area (Å²) in [6, 6.07) is 2.69. The van der Waals surface area contributed by atoms with Gasteiger partial charge in [0.2, 0.25) is 0 Å². The molecule has 0 radical (unpaired) electrons. The molecule has 0 N–H and O–H groups in total. The summed E-state index contributed by atoms with van der Waals surface area (Å²) >= 11 is 0. The van der Waals surface area contributed by atoms with E-state index in [0.717, 1.165) is 12.0 Å². The first-order chi connectivity index (χ1) is 11.4. The fourth-order valence-electron chi connectivity index (χ4n) is 4.08. The third-order valence-electron chi connectivity index (χ3n) is 5.23. The summed E-state index contributed by atoms with van der Waals surface area (Å²) in [6.07, 6.45) is 9.84. The van der Waals surface area contributed by atoms with E-state index < -0.39 is 4.92 Å². The Morgan fingerprint density at radius 3 is 2.79 bits per heavy atom. The lowest BCUT2D eigenvalue weighted by Gasteiger charge is -2.52. The highest BCUT2D eigenvalue weighted by atomic mass is 16.6. The molecule has 1 aromatic rings. The maximum atomic E-state index is 12.6. The lowest BCUT2D eigenvalue weighted by molar-refractivity contribution is -0.385. The molecule has 0 saturated heterocycles. The van der Waals surface area contributed by atoms with Gasteiger partial charge >= 0.3 is 0 Å². The van der Waals surface area contributed by atoms with Crippen LogP contribution in [-0.2, 0) is 4.79 Å². The Morgan fingerprint density at radius 1 is 1.33 bits per heavy atom. The Kier molecular flexibility index (Phi) is 3.00. The first-order valence-electron chi connectivity index (χ1n) is 7.92. The van der Waals surface area contributed by atoms with E-state index in [2.05, 4.69) is 31.0 Å². The van der Waals surface area contributed by atoms with Crippen LogP contribution in [0, 0.1) is 15.5 Å². The van der Waals surface area contributed by atoms with Gasteiger partial charge in [-0.1, -0.05) is 32.1 Å². The van der Waals surface area contributed by atoms with Crippen LogP contribution in [0.25, 0.3) is 0 Å². The first kappa shape index (κ1) is 14.8. The van der Waals surface area contributed by atoms with Gasteiger partial charge in [0.05, 0.1) is 11.0 Å². The quantitative estimate of drug-likeness (QED) is 0.618. The van der Waals surface area contributed by atoms with Crippen LogP contribution in [0.4, 0.5) is 11.5 Å². The zero-order valence-corrected chi connectivity index (χ0v) is 13.5. The summed E-state index contributed by atoms with van der Waals surface area (Å²) in [5.74, 6) is 0.637. The van der Waals surface area contributed by atoms with Crippen molar-refractivity contribution in [2.45, 2.75) is 32.4 Å². The van der Waals surface area contributed by atoms with Gasteiger partial charge in [-0.15, -0.1) is 0 Å². The van der Waals surface area contributed by atoms with Gasteiger partial charge in [0.15, 0.2) is 5.78 Å². The molecule has 1 aromatic heterocycles. The number of anilines is 1. The molecule has 6 nitrogen and oxygen atoms in total. The summed E-state index contributed by atoms with van der Waals surface area (Å²) in [7, 11) is 0. The van der Waals surface area contributed by atoms with Crippen molar-refractivity contribution in [1.29, 1.82) is 0 Å². The Morgan fingerprint density at radius 2 is 2.12 bits per heavy atom. The number of ketones is 1. The molecule has 0 saturated carbocycles. The van der Waals surface area contributed by atoms with Gasteiger partial charge in [-0.05, 0) is 29.7 Å². The van der Waals surface area contributed by atoms with E-state index in [4.69, 9.17) is 0 Å². The molecule has 0 amide bonds. The molecule has 2 aliphatic heterocycles. The maximum Gasteiger partial charge on any atom is 0.287 e. The van der Waals surface area contributed by atoms with Crippen LogP contribution in [0.2, 0.25) is 0 Å². The molecule has 122 valence electrons. The van der Waals surface area contributed by atoms with Crippen molar-refractivity contribution >= 4 is 17.3 Å². The molecule has 3 heterocycles. The van der Waals surface area contributed by atoms with Crippen LogP contribution < -0.4 is 4.90 Å². The number of aromatic nitrogens is 1. The van der Waals surface area contributed by atoms with Crippen LogP contribution in [0.1, 0.15) is 20.3 Å². The molecule has 0 spiro atoms.